The van der Waals surface area contributed by atoms with E-state index in [4.69, 9.17) is 10.4 Å². The Morgan fingerprint density at radius 1 is 1.50 bits per heavy atom. The molecule has 0 aliphatic rings. The molecule has 6 nitrogen and oxygen atoms in total. The highest BCUT2D eigenvalue weighted by atomic mass is 79.9. The van der Waals surface area contributed by atoms with Crippen molar-refractivity contribution in [3.05, 3.63) is 27.7 Å². The summed E-state index contributed by atoms with van der Waals surface area (Å²) in [6.45, 7) is 1.66. The molecule has 0 heterocycles. The molecule has 0 fully saturated rings. The summed E-state index contributed by atoms with van der Waals surface area (Å²) >= 11 is 3.17. The Kier molecular flexibility index (Phi) is 5.28. The molecule has 108 valence electrons. The minimum Gasteiger partial charge on any atom is -0.478 e. The molecule has 0 spiro atoms. The van der Waals surface area contributed by atoms with Crippen LogP contribution in [0.15, 0.2) is 21.5 Å². The average Bonchev–Trinajstić information content (AvgIpc) is 2.38. The Hall–Kier alpha value is -1.43. The number of rotatable bonds is 5. The monoisotopic (exact) mass is 360 g/mol. The number of carbonyl (C=O) groups is 1. The first-order chi connectivity index (χ1) is 9.21. The summed E-state index contributed by atoms with van der Waals surface area (Å²) in [4.78, 5) is 10.9. The summed E-state index contributed by atoms with van der Waals surface area (Å²) < 4.78 is 26.1. The molecule has 0 atom stereocenters. The molecule has 1 rings (SSSR count). The maximum absolute atomic E-state index is 12.4. The average molecular weight is 361 g/mol. The van der Waals surface area contributed by atoms with Gasteiger partial charge in [-0.25, -0.2) is 13.2 Å². The first-order valence-corrected chi connectivity index (χ1v) is 7.82. The first-order valence-electron chi connectivity index (χ1n) is 5.58. The second-order valence-corrected chi connectivity index (χ2v) is 6.95. The zero-order valence-electron chi connectivity index (χ0n) is 10.9. The molecule has 0 unspecified atom stereocenters. The third-order valence-electron chi connectivity index (χ3n) is 2.69. The first kappa shape index (κ1) is 16.6. The third kappa shape index (κ3) is 3.36. The van der Waals surface area contributed by atoms with Gasteiger partial charge >= 0.3 is 5.97 Å². The lowest BCUT2D eigenvalue weighted by Crippen LogP contribution is -2.28. The maximum atomic E-state index is 12.4. The maximum Gasteiger partial charge on any atom is 0.335 e. The summed E-state index contributed by atoms with van der Waals surface area (Å²) in [5.41, 5.74) is 0.412. The Bertz CT molecular complexity index is 679. The van der Waals surface area contributed by atoms with Gasteiger partial charge in [-0.15, -0.1) is 0 Å². The molecule has 0 amide bonds. The molecule has 0 radical (unpaired) electrons. The van der Waals surface area contributed by atoms with Crippen LogP contribution in [-0.4, -0.2) is 37.4 Å². The van der Waals surface area contributed by atoms with Crippen LogP contribution in [0, 0.1) is 18.3 Å². The second kappa shape index (κ2) is 6.35. The molecule has 20 heavy (non-hydrogen) atoms. The number of hydrogen-bond acceptors (Lipinski definition) is 4. The highest BCUT2D eigenvalue weighted by Crippen LogP contribution is 2.29. The van der Waals surface area contributed by atoms with Crippen molar-refractivity contribution in [2.75, 3.05) is 13.6 Å². The van der Waals surface area contributed by atoms with Crippen molar-refractivity contribution in [1.29, 1.82) is 5.26 Å². The number of halogens is 1. The van der Waals surface area contributed by atoms with E-state index in [1.165, 1.54) is 13.1 Å². The molecule has 0 aromatic heterocycles. The van der Waals surface area contributed by atoms with Gasteiger partial charge in [-0.05, 0) is 40.5 Å². The Morgan fingerprint density at radius 3 is 2.60 bits per heavy atom. The quantitative estimate of drug-likeness (QED) is 0.865. The summed E-state index contributed by atoms with van der Waals surface area (Å²) in [5.74, 6) is -1.20. The van der Waals surface area contributed by atoms with Crippen molar-refractivity contribution in [2.24, 2.45) is 0 Å². The fraction of sp³-hybridized carbons (Fsp3) is 0.333. The van der Waals surface area contributed by atoms with Crippen LogP contribution in [0.5, 0.6) is 0 Å². The van der Waals surface area contributed by atoms with Crippen molar-refractivity contribution < 1.29 is 18.3 Å². The SMILES string of the molecule is Cc1cc(C(=O)O)cc(S(=O)(=O)N(C)CCC#N)c1Br. The molecule has 8 heteroatoms. The lowest BCUT2D eigenvalue weighted by molar-refractivity contribution is 0.0696. The number of sulfonamides is 1. The largest absolute Gasteiger partial charge is 0.478 e. The minimum absolute atomic E-state index is 0.0433. The van der Waals surface area contributed by atoms with E-state index in [-0.39, 0.29) is 23.4 Å². The number of nitrogens with zero attached hydrogens (tertiary/aromatic N) is 2. The molecule has 0 aliphatic heterocycles. The molecular weight excluding hydrogens is 348 g/mol. The normalized spacial score (nSPS) is 11.3. The van der Waals surface area contributed by atoms with Gasteiger partial charge in [0.2, 0.25) is 10.0 Å². The summed E-state index contributed by atoms with van der Waals surface area (Å²) in [7, 11) is -2.50. The van der Waals surface area contributed by atoms with Gasteiger partial charge in [0.25, 0.3) is 0 Å². The third-order valence-corrected chi connectivity index (χ3v) is 5.89. The van der Waals surface area contributed by atoms with Crippen molar-refractivity contribution in [3.8, 4) is 6.07 Å². The zero-order chi connectivity index (χ0) is 15.5. The Labute approximate surface area is 125 Å². The predicted molar refractivity (Wildman–Crippen MR) is 75.9 cm³/mol. The van der Waals surface area contributed by atoms with Crippen LogP contribution in [0.1, 0.15) is 22.3 Å². The summed E-state index contributed by atoms with van der Waals surface area (Å²) in [6, 6.07) is 4.36. The predicted octanol–water partition coefficient (Wildman–Crippen LogP) is 1.99. The number of aromatic carboxylic acids is 1. The summed E-state index contributed by atoms with van der Waals surface area (Å²) in [6.07, 6.45) is 0.0605. The fourth-order valence-electron chi connectivity index (χ4n) is 1.54. The van der Waals surface area contributed by atoms with E-state index in [0.717, 1.165) is 10.4 Å². The van der Waals surface area contributed by atoms with E-state index in [1.54, 1.807) is 6.92 Å². The molecule has 0 aliphatic carbocycles. The number of hydrogen-bond donors (Lipinski definition) is 1. The standard InChI is InChI=1S/C12H13BrN2O4S/c1-8-6-9(12(16)17)7-10(11(8)13)20(18,19)15(2)5-3-4-14/h6-7H,3,5H2,1-2H3,(H,16,17). The second-order valence-electron chi connectivity index (χ2n) is 4.15. The molecule has 0 saturated carbocycles. The van der Waals surface area contributed by atoms with Crippen LogP contribution >= 0.6 is 15.9 Å². The Morgan fingerprint density at radius 2 is 2.10 bits per heavy atom. The highest BCUT2D eigenvalue weighted by Gasteiger charge is 2.25. The molecular formula is C12H13BrN2O4S. The molecule has 1 aromatic carbocycles. The number of carboxylic acids is 1. The smallest absolute Gasteiger partial charge is 0.335 e. The van der Waals surface area contributed by atoms with E-state index in [0.29, 0.717) is 10.0 Å². The van der Waals surface area contributed by atoms with Crippen molar-refractivity contribution in [1.82, 2.24) is 4.31 Å². The molecule has 1 aromatic rings. The summed E-state index contributed by atoms with van der Waals surface area (Å²) in [5, 5.41) is 17.5. The Balaban J connectivity index is 3.38. The van der Waals surface area contributed by atoms with Crippen molar-refractivity contribution in [3.63, 3.8) is 0 Å². The van der Waals surface area contributed by atoms with Gasteiger partial charge in [0.1, 0.15) is 0 Å². The van der Waals surface area contributed by atoms with Crippen molar-refractivity contribution >= 4 is 31.9 Å². The van der Waals surface area contributed by atoms with Crippen LogP contribution < -0.4 is 0 Å². The molecule has 0 bridgehead atoms. The van der Waals surface area contributed by atoms with Gasteiger partial charge in [-0.1, -0.05) is 0 Å². The fourth-order valence-corrected chi connectivity index (χ4v) is 3.72. The zero-order valence-corrected chi connectivity index (χ0v) is 13.3. The highest BCUT2D eigenvalue weighted by molar-refractivity contribution is 9.10. The van der Waals surface area contributed by atoms with E-state index in [2.05, 4.69) is 15.9 Å². The van der Waals surface area contributed by atoms with E-state index in [9.17, 15) is 13.2 Å². The van der Waals surface area contributed by atoms with Crippen molar-refractivity contribution in [2.45, 2.75) is 18.2 Å². The van der Waals surface area contributed by atoms with Gasteiger partial charge in [-0.3, -0.25) is 0 Å². The van der Waals surface area contributed by atoms with Gasteiger partial charge in [0.15, 0.2) is 0 Å². The lowest BCUT2D eigenvalue weighted by Gasteiger charge is -2.18. The van der Waals surface area contributed by atoms with Gasteiger partial charge in [0, 0.05) is 24.5 Å². The van der Waals surface area contributed by atoms with E-state index < -0.39 is 16.0 Å². The van der Waals surface area contributed by atoms with Gasteiger partial charge in [-0.2, -0.15) is 9.57 Å². The number of nitriles is 1. The van der Waals surface area contributed by atoms with Crippen LogP contribution in [-0.2, 0) is 10.0 Å². The van der Waals surface area contributed by atoms with Crippen LogP contribution in [0.3, 0.4) is 0 Å². The van der Waals surface area contributed by atoms with Crippen LogP contribution in [0.25, 0.3) is 0 Å². The van der Waals surface area contributed by atoms with E-state index in [1.807, 2.05) is 6.07 Å². The van der Waals surface area contributed by atoms with Gasteiger partial charge in [0.05, 0.1) is 16.5 Å². The molecule has 1 N–H and O–H groups in total. The lowest BCUT2D eigenvalue weighted by atomic mass is 10.1. The minimum atomic E-state index is -3.85. The number of benzene rings is 1. The van der Waals surface area contributed by atoms with Crippen LogP contribution in [0.2, 0.25) is 0 Å². The molecule has 0 saturated heterocycles. The number of aryl methyl sites for hydroxylation is 1. The van der Waals surface area contributed by atoms with Crippen LogP contribution in [0.4, 0.5) is 0 Å². The van der Waals surface area contributed by atoms with E-state index >= 15 is 0 Å². The topological polar surface area (TPSA) is 98.5 Å². The number of carboxylic acid groups (broad SMARTS) is 1. The van der Waals surface area contributed by atoms with Gasteiger partial charge < -0.3 is 5.11 Å².